The molecule has 1 heterocycles. The van der Waals surface area contributed by atoms with E-state index >= 15 is 0 Å². The van der Waals surface area contributed by atoms with Crippen LogP contribution in [0.15, 0.2) is 29.6 Å². The molecule has 0 aliphatic rings. The van der Waals surface area contributed by atoms with Crippen LogP contribution in [0.25, 0.3) is 0 Å². The quantitative estimate of drug-likeness (QED) is 0.700. The van der Waals surface area contributed by atoms with Crippen molar-refractivity contribution < 1.29 is 14.7 Å². The Kier molecular flexibility index (Phi) is 5.36. The SMILES string of the molecule is CCCC(=O)Nc1ccc(C(=O)Nc2ncc(N=O)s2)c(O)c1. The van der Waals surface area contributed by atoms with E-state index in [-0.39, 0.29) is 27.4 Å². The molecule has 0 bridgehead atoms. The zero-order valence-corrected chi connectivity index (χ0v) is 13.0. The fraction of sp³-hybridized carbons (Fsp3) is 0.214. The molecular formula is C14H14N4O4S. The lowest BCUT2D eigenvalue weighted by molar-refractivity contribution is -0.116. The molecule has 0 unspecified atom stereocenters. The van der Waals surface area contributed by atoms with Gasteiger partial charge in [-0.2, -0.15) is 0 Å². The van der Waals surface area contributed by atoms with Gasteiger partial charge in [0.05, 0.1) is 11.8 Å². The van der Waals surface area contributed by atoms with Crippen molar-refractivity contribution in [2.24, 2.45) is 5.18 Å². The van der Waals surface area contributed by atoms with Gasteiger partial charge in [-0.15, -0.1) is 4.91 Å². The molecule has 3 N–H and O–H groups in total. The van der Waals surface area contributed by atoms with Gasteiger partial charge < -0.3 is 10.4 Å². The van der Waals surface area contributed by atoms with Crippen LogP contribution in [0, 0.1) is 4.91 Å². The van der Waals surface area contributed by atoms with Crippen LogP contribution in [-0.2, 0) is 4.79 Å². The first-order valence-electron chi connectivity index (χ1n) is 6.77. The van der Waals surface area contributed by atoms with Crippen LogP contribution in [0.5, 0.6) is 5.75 Å². The number of amides is 2. The number of hydrogen-bond donors (Lipinski definition) is 3. The van der Waals surface area contributed by atoms with Gasteiger partial charge in [-0.05, 0) is 23.7 Å². The average molecular weight is 334 g/mol. The second-order valence-electron chi connectivity index (χ2n) is 4.58. The van der Waals surface area contributed by atoms with E-state index in [1.807, 2.05) is 6.92 Å². The smallest absolute Gasteiger partial charge is 0.261 e. The predicted molar refractivity (Wildman–Crippen MR) is 87.2 cm³/mol. The third kappa shape index (κ3) is 4.33. The summed E-state index contributed by atoms with van der Waals surface area (Å²) in [5, 5.41) is 18.1. The number of rotatable bonds is 6. The Hall–Kier alpha value is -2.81. The molecule has 0 radical (unpaired) electrons. The summed E-state index contributed by atoms with van der Waals surface area (Å²) in [5.41, 5.74) is 0.425. The van der Waals surface area contributed by atoms with Crippen molar-refractivity contribution in [2.45, 2.75) is 19.8 Å². The Morgan fingerprint density at radius 1 is 1.35 bits per heavy atom. The Morgan fingerprint density at radius 3 is 2.74 bits per heavy atom. The molecule has 2 rings (SSSR count). The molecule has 0 atom stereocenters. The summed E-state index contributed by atoms with van der Waals surface area (Å²) in [6.45, 7) is 1.88. The maximum Gasteiger partial charge on any atom is 0.261 e. The molecule has 0 aliphatic carbocycles. The minimum atomic E-state index is -0.583. The highest BCUT2D eigenvalue weighted by Gasteiger charge is 2.14. The third-order valence-corrected chi connectivity index (χ3v) is 3.60. The Labute approximate surface area is 135 Å². The molecule has 9 heteroatoms. The largest absolute Gasteiger partial charge is 0.507 e. The van der Waals surface area contributed by atoms with Crippen molar-refractivity contribution in [3.8, 4) is 5.75 Å². The van der Waals surface area contributed by atoms with Crippen molar-refractivity contribution >= 4 is 39.0 Å². The Bertz CT molecular complexity index is 744. The molecule has 0 saturated carbocycles. The monoisotopic (exact) mass is 334 g/mol. The van der Waals surface area contributed by atoms with Crippen LogP contribution in [0.2, 0.25) is 0 Å². The molecule has 2 aromatic rings. The minimum Gasteiger partial charge on any atom is -0.507 e. The molecule has 0 spiro atoms. The van der Waals surface area contributed by atoms with E-state index in [9.17, 15) is 19.6 Å². The molecule has 0 saturated heterocycles. The number of phenols is 1. The van der Waals surface area contributed by atoms with Crippen LogP contribution >= 0.6 is 11.3 Å². The lowest BCUT2D eigenvalue weighted by atomic mass is 10.1. The highest BCUT2D eigenvalue weighted by atomic mass is 32.1. The summed E-state index contributed by atoms with van der Waals surface area (Å²) >= 11 is 0.918. The number of hydrogen-bond acceptors (Lipinski definition) is 7. The topological polar surface area (TPSA) is 121 Å². The lowest BCUT2D eigenvalue weighted by Crippen LogP contribution is -2.13. The van der Waals surface area contributed by atoms with Crippen molar-refractivity contribution in [3.05, 3.63) is 34.9 Å². The van der Waals surface area contributed by atoms with Crippen LogP contribution < -0.4 is 10.6 Å². The maximum atomic E-state index is 12.1. The van der Waals surface area contributed by atoms with Gasteiger partial charge in [0.25, 0.3) is 5.91 Å². The first kappa shape index (κ1) is 16.6. The Balaban J connectivity index is 2.08. The highest BCUT2D eigenvalue weighted by Crippen LogP contribution is 2.27. The summed E-state index contributed by atoms with van der Waals surface area (Å²) in [6, 6.07) is 4.20. The summed E-state index contributed by atoms with van der Waals surface area (Å²) < 4.78 is 0. The number of benzene rings is 1. The fourth-order valence-electron chi connectivity index (χ4n) is 1.78. The molecule has 0 fully saturated rings. The number of thiazole rings is 1. The summed E-state index contributed by atoms with van der Waals surface area (Å²) in [6.07, 6.45) is 2.32. The van der Waals surface area contributed by atoms with Crippen LogP contribution in [0.3, 0.4) is 0 Å². The second kappa shape index (κ2) is 7.45. The number of carbonyl (C=O) groups is 2. The van der Waals surface area contributed by atoms with Crippen LogP contribution in [0.4, 0.5) is 15.8 Å². The van der Waals surface area contributed by atoms with E-state index in [4.69, 9.17) is 0 Å². The van der Waals surface area contributed by atoms with Gasteiger partial charge in [-0.3, -0.25) is 14.9 Å². The molecule has 120 valence electrons. The van der Waals surface area contributed by atoms with Crippen LogP contribution in [-0.4, -0.2) is 21.9 Å². The molecule has 8 nitrogen and oxygen atoms in total. The van der Waals surface area contributed by atoms with E-state index in [0.717, 1.165) is 11.3 Å². The number of aromatic hydroxyl groups is 1. The number of anilines is 2. The molecule has 1 aromatic carbocycles. The Morgan fingerprint density at radius 2 is 2.13 bits per heavy atom. The predicted octanol–water partition coefficient (Wildman–Crippen LogP) is 3.24. The number of nitroso groups, excluding NO2 is 1. The second-order valence-corrected chi connectivity index (χ2v) is 5.59. The highest BCUT2D eigenvalue weighted by molar-refractivity contribution is 7.19. The molecular weight excluding hydrogens is 320 g/mol. The van der Waals surface area contributed by atoms with Crippen molar-refractivity contribution in [2.75, 3.05) is 10.6 Å². The van der Waals surface area contributed by atoms with Crippen molar-refractivity contribution in [1.82, 2.24) is 4.98 Å². The standard InChI is InChI=1S/C14H14N4O4S/c1-2-3-11(20)16-8-4-5-9(10(19)6-8)13(21)17-14-15-7-12(18-22)23-14/h4-7,19H,2-3H2,1H3,(H,16,20)(H,15,17,21). The van der Waals surface area contributed by atoms with Gasteiger partial charge in [0.15, 0.2) is 10.1 Å². The zero-order valence-electron chi connectivity index (χ0n) is 12.2. The van der Waals surface area contributed by atoms with Gasteiger partial charge in [-0.1, -0.05) is 18.3 Å². The van der Waals surface area contributed by atoms with E-state index in [2.05, 4.69) is 20.8 Å². The van der Waals surface area contributed by atoms with E-state index in [1.165, 1.54) is 24.4 Å². The van der Waals surface area contributed by atoms with Crippen LogP contribution in [0.1, 0.15) is 30.1 Å². The van der Waals surface area contributed by atoms with Gasteiger partial charge in [0.1, 0.15) is 5.75 Å². The normalized spacial score (nSPS) is 10.1. The first-order valence-corrected chi connectivity index (χ1v) is 7.58. The fourth-order valence-corrected chi connectivity index (χ4v) is 2.37. The van der Waals surface area contributed by atoms with E-state index in [1.54, 1.807) is 0 Å². The van der Waals surface area contributed by atoms with Crippen molar-refractivity contribution in [3.63, 3.8) is 0 Å². The minimum absolute atomic E-state index is 0.0225. The summed E-state index contributed by atoms with van der Waals surface area (Å²) in [4.78, 5) is 37.7. The average Bonchev–Trinajstić information content (AvgIpc) is 2.95. The van der Waals surface area contributed by atoms with Crippen molar-refractivity contribution in [1.29, 1.82) is 0 Å². The summed E-state index contributed by atoms with van der Waals surface area (Å²) in [5.74, 6) is -1.02. The van der Waals surface area contributed by atoms with Gasteiger partial charge in [0, 0.05) is 18.2 Å². The van der Waals surface area contributed by atoms with E-state index < -0.39 is 5.91 Å². The number of nitrogens with zero attached hydrogens (tertiary/aromatic N) is 2. The van der Waals surface area contributed by atoms with Gasteiger partial charge in [-0.25, -0.2) is 4.98 Å². The lowest BCUT2D eigenvalue weighted by Gasteiger charge is -2.08. The third-order valence-electron chi connectivity index (χ3n) is 2.81. The van der Waals surface area contributed by atoms with E-state index in [0.29, 0.717) is 18.5 Å². The molecule has 2 amide bonds. The number of carbonyl (C=O) groups excluding carboxylic acids is 2. The molecule has 0 aliphatic heterocycles. The molecule has 1 aromatic heterocycles. The number of aromatic nitrogens is 1. The number of nitrogens with one attached hydrogen (secondary N) is 2. The first-order chi connectivity index (χ1) is 11.0. The number of phenolic OH excluding ortho intramolecular Hbond substituents is 1. The van der Waals surface area contributed by atoms with Gasteiger partial charge >= 0.3 is 0 Å². The zero-order chi connectivity index (χ0) is 16.8. The maximum absolute atomic E-state index is 12.1. The molecule has 23 heavy (non-hydrogen) atoms. The summed E-state index contributed by atoms with van der Waals surface area (Å²) in [7, 11) is 0. The van der Waals surface area contributed by atoms with Gasteiger partial charge in [0.2, 0.25) is 5.91 Å².